The number of pyridine rings is 1. The third kappa shape index (κ3) is 3.23. The molecule has 0 unspecified atom stereocenters. The topological polar surface area (TPSA) is 94.0 Å². The van der Waals surface area contributed by atoms with Crippen molar-refractivity contribution in [1.29, 1.82) is 0 Å². The van der Waals surface area contributed by atoms with Crippen molar-refractivity contribution in [1.82, 2.24) is 4.98 Å². The van der Waals surface area contributed by atoms with Crippen LogP contribution < -0.4 is 16.8 Å². The molecule has 1 fully saturated rings. The second-order valence-electron chi connectivity index (χ2n) is 5.59. The lowest BCUT2D eigenvalue weighted by Crippen LogP contribution is -2.48. The SMILES string of the molecule is CC1CCC(CN)(Nc2ccnc(C(N)=O)c2)CC1. The molecule has 104 valence electrons. The van der Waals surface area contributed by atoms with Gasteiger partial charge in [0.2, 0.25) is 0 Å². The number of anilines is 1. The summed E-state index contributed by atoms with van der Waals surface area (Å²) in [6, 6.07) is 3.54. The van der Waals surface area contributed by atoms with Gasteiger partial charge in [-0.05, 0) is 43.7 Å². The molecule has 0 aliphatic heterocycles. The Morgan fingerprint density at radius 2 is 2.21 bits per heavy atom. The fraction of sp³-hybridized carbons (Fsp3) is 0.571. The van der Waals surface area contributed by atoms with Gasteiger partial charge in [0.05, 0.1) is 0 Å². The molecule has 2 rings (SSSR count). The van der Waals surface area contributed by atoms with Gasteiger partial charge in [0.15, 0.2) is 0 Å². The average molecular weight is 262 g/mol. The predicted molar refractivity (Wildman–Crippen MR) is 75.8 cm³/mol. The maximum Gasteiger partial charge on any atom is 0.267 e. The number of carbonyl (C=O) groups is 1. The highest BCUT2D eigenvalue weighted by molar-refractivity contribution is 5.91. The molecular weight excluding hydrogens is 240 g/mol. The van der Waals surface area contributed by atoms with Crippen LogP contribution >= 0.6 is 0 Å². The third-order valence-electron chi connectivity index (χ3n) is 4.04. The van der Waals surface area contributed by atoms with Crippen LogP contribution in [0, 0.1) is 5.92 Å². The first-order valence-electron chi connectivity index (χ1n) is 6.79. The van der Waals surface area contributed by atoms with Gasteiger partial charge in [-0.2, -0.15) is 0 Å². The smallest absolute Gasteiger partial charge is 0.267 e. The number of nitrogens with one attached hydrogen (secondary N) is 1. The van der Waals surface area contributed by atoms with Gasteiger partial charge in [0, 0.05) is 24.0 Å². The Kier molecular flexibility index (Phi) is 4.04. The Labute approximate surface area is 113 Å². The molecule has 1 saturated carbocycles. The highest BCUT2D eigenvalue weighted by atomic mass is 16.1. The lowest BCUT2D eigenvalue weighted by Gasteiger charge is -2.40. The van der Waals surface area contributed by atoms with Crippen molar-refractivity contribution < 1.29 is 4.79 Å². The van der Waals surface area contributed by atoms with E-state index in [0.29, 0.717) is 6.54 Å². The van der Waals surface area contributed by atoms with Crippen LogP contribution in [0.5, 0.6) is 0 Å². The molecule has 5 nitrogen and oxygen atoms in total. The highest BCUT2D eigenvalue weighted by Crippen LogP contribution is 2.33. The van der Waals surface area contributed by atoms with Gasteiger partial charge >= 0.3 is 0 Å². The first-order chi connectivity index (χ1) is 9.04. The quantitative estimate of drug-likeness (QED) is 0.766. The Morgan fingerprint density at radius 1 is 1.53 bits per heavy atom. The minimum Gasteiger partial charge on any atom is -0.378 e. The third-order valence-corrected chi connectivity index (χ3v) is 4.04. The van der Waals surface area contributed by atoms with E-state index in [1.54, 1.807) is 12.3 Å². The second kappa shape index (κ2) is 5.57. The maximum absolute atomic E-state index is 11.1. The molecule has 1 heterocycles. The van der Waals surface area contributed by atoms with E-state index < -0.39 is 5.91 Å². The summed E-state index contributed by atoms with van der Waals surface area (Å²) in [7, 11) is 0. The molecule has 1 aliphatic carbocycles. The summed E-state index contributed by atoms with van der Waals surface area (Å²) >= 11 is 0. The van der Waals surface area contributed by atoms with Gasteiger partial charge in [-0.25, -0.2) is 0 Å². The Bertz CT molecular complexity index is 453. The summed E-state index contributed by atoms with van der Waals surface area (Å²) in [6.45, 7) is 2.87. The van der Waals surface area contributed by atoms with E-state index in [1.165, 1.54) is 12.8 Å². The van der Waals surface area contributed by atoms with E-state index in [9.17, 15) is 4.79 Å². The molecule has 1 aliphatic rings. The number of aromatic nitrogens is 1. The largest absolute Gasteiger partial charge is 0.378 e. The summed E-state index contributed by atoms with van der Waals surface area (Å²) < 4.78 is 0. The van der Waals surface area contributed by atoms with Crippen molar-refractivity contribution in [2.45, 2.75) is 38.1 Å². The van der Waals surface area contributed by atoms with Gasteiger partial charge < -0.3 is 16.8 Å². The molecule has 1 amide bonds. The first-order valence-corrected chi connectivity index (χ1v) is 6.79. The monoisotopic (exact) mass is 262 g/mol. The van der Waals surface area contributed by atoms with E-state index in [2.05, 4.69) is 17.2 Å². The Balaban J connectivity index is 2.14. The molecule has 0 atom stereocenters. The normalized spacial score (nSPS) is 26.9. The van der Waals surface area contributed by atoms with Crippen LogP contribution in [0.1, 0.15) is 43.1 Å². The summed E-state index contributed by atoms with van der Waals surface area (Å²) in [5.41, 5.74) is 12.3. The molecule has 0 saturated heterocycles. The lowest BCUT2D eigenvalue weighted by atomic mass is 9.77. The number of nitrogens with zero attached hydrogens (tertiary/aromatic N) is 1. The van der Waals surface area contributed by atoms with Gasteiger partial charge in [-0.3, -0.25) is 9.78 Å². The van der Waals surface area contributed by atoms with Crippen LogP contribution in [-0.2, 0) is 0 Å². The molecule has 0 spiro atoms. The van der Waals surface area contributed by atoms with E-state index in [0.717, 1.165) is 24.4 Å². The Hall–Kier alpha value is -1.62. The van der Waals surface area contributed by atoms with Crippen LogP contribution in [0.2, 0.25) is 0 Å². The summed E-state index contributed by atoms with van der Waals surface area (Å²) in [6.07, 6.45) is 6.06. The number of rotatable bonds is 4. The Morgan fingerprint density at radius 3 is 2.79 bits per heavy atom. The number of primary amides is 1. The second-order valence-corrected chi connectivity index (χ2v) is 5.59. The highest BCUT2D eigenvalue weighted by Gasteiger charge is 2.32. The van der Waals surface area contributed by atoms with E-state index in [4.69, 9.17) is 11.5 Å². The molecule has 1 aromatic rings. The number of carbonyl (C=O) groups excluding carboxylic acids is 1. The fourth-order valence-corrected chi connectivity index (χ4v) is 2.64. The number of hydrogen-bond donors (Lipinski definition) is 3. The summed E-state index contributed by atoms with van der Waals surface area (Å²) in [5, 5.41) is 3.49. The molecule has 0 radical (unpaired) electrons. The van der Waals surface area contributed by atoms with Crippen LogP contribution in [-0.4, -0.2) is 23.0 Å². The predicted octanol–water partition coefficient (Wildman–Crippen LogP) is 1.50. The van der Waals surface area contributed by atoms with Crippen molar-refractivity contribution in [2.75, 3.05) is 11.9 Å². The molecular formula is C14H22N4O. The maximum atomic E-state index is 11.1. The van der Waals surface area contributed by atoms with Crippen LogP contribution in [0.25, 0.3) is 0 Å². The molecule has 5 N–H and O–H groups in total. The minimum absolute atomic E-state index is 0.0667. The standard InChI is InChI=1S/C14H22N4O/c1-10-2-5-14(9-15,6-3-10)18-11-4-7-17-12(8-11)13(16)19/h4,7-8,10H,2-3,5-6,9,15H2,1H3,(H2,16,19)(H,17,18). The average Bonchev–Trinajstić information content (AvgIpc) is 2.42. The van der Waals surface area contributed by atoms with Crippen LogP contribution in [0.3, 0.4) is 0 Å². The molecule has 19 heavy (non-hydrogen) atoms. The molecule has 0 aromatic carbocycles. The number of nitrogens with two attached hydrogens (primary N) is 2. The lowest BCUT2D eigenvalue weighted by molar-refractivity contribution is 0.0995. The van der Waals surface area contributed by atoms with Crippen LogP contribution in [0.15, 0.2) is 18.3 Å². The zero-order valence-corrected chi connectivity index (χ0v) is 11.4. The van der Waals surface area contributed by atoms with Crippen molar-refractivity contribution in [3.05, 3.63) is 24.0 Å². The zero-order chi connectivity index (χ0) is 13.9. The van der Waals surface area contributed by atoms with Gasteiger partial charge in [0.25, 0.3) is 5.91 Å². The van der Waals surface area contributed by atoms with Gasteiger partial charge in [-0.15, -0.1) is 0 Å². The van der Waals surface area contributed by atoms with Crippen molar-refractivity contribution >= 4 is 11.6 Å². The van der Waals surface area contributed by atoms with Crippen molar-refractivity contribution in [3.63, 3.8) is 0 Å². The molecule has 5 heteroatoms. The minimum atomic E-state index is -0.511. The molecule has 0 bridgehead atoms. The van der Waals surface area contributed by atoms with Gasteiger partial charge in [-0.1, -0.05) is 6.92 Å². The number of hydrogen-bond acceptors (Lipinski definition) is 4. The van der Waals surface area contributed by atoms with E-state index >= 15 is 0 Å². The summed E-state index contributed by atoms with van der Waals surface area (Å²) in [5.74, 6) is 0.253. The van der Waals surface area contributed by atoms with Crippen LogP contribution in [0.4, 0.5) is 5.69 Å². The molecule has 1 aromatic heterocycles. The van der Waals surface area contributed by atoms with Crippen molar-refractivity contribution in [3.8, 4) is 0 Å². The summed E-state index contributed by atoms with van der Waals surface area (Å²) in [4.78, 5) is 15.1. The van der Waals surface area contributed by atoms with E-state index in [1.807, 2.05) is 6.07 Å². The fourth-order valence-electron chi connectivity index (χ4n) is 2.64. The number of amides is 1. The van der Waals surface area contributed by atoms with Crippen molar-refractivity contribution in [2.24, 2.45) is 17.4 Å². The van der Waals surface area contributed by atoms with Gasteiger partial charge in [0.1, 0.15) is 5.69 Å². The zero-order valence-electron chi connectivity index (χ0n) is 11.4. The van der Waals surface area contributed by atoms with E-state index in [-0.39, 0.29) is 11.2 Å². The first kappa shape index (κ1) is 13.8.